The Morgan fingerprint density at radius 2 is 1.78 bits per heavy atom. The summed E-state index contributed by atoms with van der Waals surface area (Å²) in [6, 6.07) is 8.78. The van der Waals surface area contributed by atoms with Crippen LogP contribution in [0.25, 0.3) is 0 Å². The number of para-hydroxylation sites is 1. The summed E-state index contributed by atoms with van der Waals surface area (Å²) in [5, 5.41) is 0. The van der Waals surface area contributed by atoms with E-state index in [1.165, 1.54) is 50.5 Å². The van der Waals surface area contributed by atoms with Gasteiger partial charge in [0, 0.05) is 12.1 Å². The van der Waals surface area contributed by atoms with Crippen LogP contribution in [0.5, 0.6) is 5.75 Å². The van der Waals surface area contributed by atoms with Crippen LogP contribution in [0, 0.1) is 0 Å². The minimum atomic E-state index is 0.292. The number of benzene rings is 1. The van der Waals surface area contributed by atoms with Gasteiger partial charge in [-0.25, -0.2) is 0 Å². The lowest BCUT2D eigenvalue weighted by Gasteiger charge is -2.31. The molecule has 3 nitrogen and oxygen atoms in total. The van der Waals surface area contributed by atoms with Gasteiger partial charge in [-0.1, -0.05) is 57.2 Å². The Labute approximate surface area is 142 Å². The molecule has 0 saturated carbocycles. The van der Waals surface area contributed by atoms with E-state index in [4.69, 9.17) is 10.5 Å². The van der Waals surface area contributed by atoms with E-state index in [-0.39, 0.29) is 0 Å². The topological polar surface area (TPSA) is 38.5 Å². The first kappa shape index (κ1) is 18.3. The fourth-order valence-electron chi connectivity index (χ4n) is 3.48. The van der Waals surface area contributed by atoms with Gasteiger partial charge < -0.3 is 10.5 Å². The lowest BCUT2D eigenvalue weighted by Crippen LogP contribution is -2.34. The lowest BCUT2D eigenvalue weighted by atomic mass is 10.0. The average molecular weight is 319 g/mol. The Balaban J connectivity index is 2.00. The molecule has 0 spiro atoms. The fourth-order valence-corrected chi connectivity index (χ4v) is 3.48. The maximum atomic E-state index is 6.15. The van der Waals surface area contributed by atoms with Gasteiger partial charge in [0.2, 0.25) is 0 Å². The van der Waals surface area contributed by atoms with E-state index in [0.717, 1.165) is 31.9 Å². The molecule has 0 aromatic heterocycles. The molecule has 1 aromatic carbocycles. The summed E-state index contributed by atoms with van der Waals surface area (Å²) in [7, 11) is 0. The predicted octanol–water partition coefficient (Wildman–Crippen LogP) is 4.52. The zero-order valence-corrected chi connectivity index (χ0v) is 14.8. The summed E-state index contributed by atoms with van der Waals surface area (Å²) in [4.78, 5) is 2.56. The predicted molar refractivity (Wildman–Crippen MR) is 97.9 cm³/mol. The molecular weight excluding hydrogens is 284 g/mol. The molecule has 1 aliphatic heterocycles. The van der Waals surface area contributed by atoms with Crippen molar-refractivity contribution in [2.75, 3.05) is 26.2 Å². The molecule has 1 aliphatic rings. The first-order chi connectivity index (χ1) is 11.4. The van der Waals surface area contributed by atoms with Gasteiger partial charge in [-0.05, 0) is 38.4 Å². The molecule has 3 heteroatoms. The third kappa shape index (κ3) is 5.82. The van der Waals surface area contributed by atoms with Crippen molar-refractivity contribution in [3.63, 3.8) is 0 Å². The zero-order valence-electron chi connectivity index (χ0n) is 14.8. The highest BCUT2D eigenvalue weighted by atomic mass is 16.5. The van der Waals surface area contributed by atoms with Crippen molar-refractivity contribution in [1.29, 1.82) is 0 Å². The van der Waals surface area contributed by atoms with Crippen LogP contribution in [-0.2, 0) is 0 Å². The van der Waals surface area contributed by atoms with E-state index in [9.17, 15) is 0 Å². The Morgan fingerprint density at radius 1 is 1.04 bits per heavy atom. The molecule has 0 amide bonds. The Hall–Kier alpha value is -1.06. The van der Waals surface area contributed by atoms with E-state index in [1.54, 1.807) is 0 Å². The van der Waals surface area contributed by atoms with Crippen LogP contribution in [0.3, 0.4) is 0 Å². The van der Waals surface area contributed by atoms with Gasteiger partial charge in [-0.15, -0.1) is 0 Å². The number of ether oxygens (including phenoxy) is 1. The van der Waals surface area contributed by atoms with Gasteiger partial charge in [0.25, 0.3) is 0 Å². The minimum absolute atomic E-state index is 0.292. The molecule has 0 bridgehead atoms. The highest BCUT2D eigenvalue weighted by molar-refractivity contribution is 5.36. The number of hydrogen-bond donors (Lipinski definition) is 1. The SMILES string of the molecule is CCCCCCOc1ccccc1C(CN)N1CCCCCC1. The maximum absolute atomic E-state index is 6.15. The molecule has 1 unspecified atom stereocenters. The van der Waals surface area contributed by atoms with Crippen LogP contribution < -0.4 is 10.5 Å². The molecule has 0 radical (unpaired) electrons. The van der Waals surface area contributed by atoms with Crippen molar-refractivity contribution in [3.05, 3.63) is 29.8 Å². The molecule has 0 aliphatic carbocycles. The van der Waals surface area contributed by atoms with Gasteiger partial charge in [0.1, 0.15) is 5.75 Å². The smallest absolute Gasteiger partial charge is 0.124 e. The second-order valence-electron chi connectivity index (χ2n) is 6.65. The van der Waals surface area contributed by atoms with Gasteiger partial charge in [-0.3, -0.25) is 4.90 Å². The highest BCUT2D eigenvalue weighted by Crippen LogP contribution is 2.30. The maximum Gasteiger partial charge on any atom is 0.124 e. The molecule has 1 aromatic rings. The summed E-state index contributed by atoms with van der Waals surface area (Å²) in [5.41, 5.74) is 7.42. The lowest BCUT2D eigenvalue weighted by molar-refractivity contribution is 0.202. The third-order valence-electron chi connectivity index (χ3n) is 4.84. The number of nitrogens with two attached hydrogens (primary N) is 1. The number of unbranched alkanes of at least 4 members (excludes halogenated alkanes) is 3. The molecule has 1 saturated heterocycles. The second kappa shape index (κ2) is 10.7. The largest absolute Gasteiger partial charge is 0.493 e. The van der Waals surface area contributed by atoms with Crippen molar-refractivity contribution in [2.24, 2.45) is 5.73 Å². The van der Waals surface area contributed by atoms with Crippen molar-refractivity contribution in [1.82, 2.24) is 4.90 Å². The normalized spacial score (nSPS) is 17.7. The fraction of sp³-hybridized carbons (Fsp3) is 0.700. The van der Waals surface area contributed by atoms with Gasteiger partial charge in [-0.2, -0.15) is 0 Å². The summed E-state index contributed by atoms with van der Waals surface area (Å²) < 4.78 is 6.11. The molecule has 130 valence electrons. The quantitative estimate of drug-likeness (QED) is 0.680. The van der Waals surface area contributed by atoms with E-state index in [1.807, 2.05) is 0 Å². The van der Waals surface area contributed by atoms with Crippen molar-refractivity contribution < 1.29 is 4.74 Å². The molecule has 1 fully saturated rings. The summed E-state index contributed by atoms with van der Waals surface area (Å²) in [5.74, 6) is 1.03. The number of rotatable bonds is 9. The molecule has 1 heterocycles. The van der Waals surface area contributed by atoms with Gasteiger partial charge >= 0.3 is 0 Å². The first-order valence-corrected chi connectivity index (χ1v) is 9.52. The van der Waals surface area contributed by atoms with Gasteiger partial charge in [0.05, 0.1) is 12.6 Å². The van der Waals surface area contributed by atoms with Crippen LogP contribution in [0.4, 0.5) is 0 Å². The van der Waals surface area contributed by atoms with E-state index in [0.29, 0.717) is 12.6 Å². The highest BCUT2D eigenvalue weighted by Gasteiger charge is 2.22. The second-order valence-corrected chi connectivity index (χ2v) is 6.65. The summed E-state index contributed by atoms with van der Waals surface area (Å²) >= 11 is 0. The summed E-state index contributed by atoms with van der Waals surface area (Å²) in [6.45, 7) is 6.03. The molecule has 2 N–H and O–H groups in total. The van der Waals surface area contributed by atoms with Crippen LogP contribution >= 0.6 is 0 Å². The van der Waals surface area contributed by atoms with Crippen LogP contribution in [-0.4, -0.2) is 31.1 Å². The van der Waals surface area contributed by atoms with Crippen molar-refractivity contribution in [2.45, 2.75) is 64.3 Å². The Bertz CT molecular complexity index is 427. The van der Waals surface area contributed by atoms with E-state index >= 15 is 0 Å². The Morgan fingerprint density at radius 3 is 2.48 bits per heavy atom. The average Bonchev–Trinajstić information content (AvgIpc) is 2.86. The summed E-state index contributed by atoms with van der Waals surface area (Å²) in [6.07, 6.45) is 10.2. The first-order valence-electron chi connectivity index (χ1n) is 9.52. The van der Waals surface area contributed by atoms with Crippen LogP contribution in [0.1, 0.15) is 69.9 Å². The Kier molecular flexibility index (Phi) is 8.48. The number of nitrogens with zero attached hydrogens (tertiary/aromatic N) is 1. The van der Waals surface area contributed by atoms with E-state index in [2.05, 4.69) is 36.1 Å². The van der Waals surface area contributed by atoms with Crippen molar-refractivity contribution >= 4 is 0 Å². The van der Waals surface area contributed by atoms with Crippen molar-refractivity contribution in [3.8, 4) is 5.75 Å². The molecular formula is C20H34N2O. The molecule has 1 atom stereocenters. The third-order valence-corrected chi connectivity index (χ3v) is 4.84. The number of likely N-dealkylation sites (tertiary alicyclic amines) is 1. The zero-order chi connectivity index (χ0) is 16.3. The van der Waals surface area contributed by atoms with Crippen LogP contribution in [0.15, 0.2) is 24.3 Å². The monoisotopic (exact) mass is 318 g/mol. The van der Waals surface area contributed by atoms with E-state index < -0.39 is 0 Å². The number of hydrogen-bond acceptors (Lipinski definition) is 3. The minimum Gasteiger partial charge on any atom is -0.493 e. The van der Waals surface area contributed by atoms with Crippen LogP contribution in [0.2, 0.25) is 0 Å². The van der Waals surface area contributed by atoms with Gasteiger partial charge in [0.15, 0.2) is 0 Å². The standard InChI is InChI=1S/C20H34N2O/c1-2-3-4-11-16-23-20-13-8-7-12-18(20)19(17-21)22-14-9-5-6-10-15-22/h7-8,12-13,19H,2-6,9-11,14-17,21H2,1H3. The molecule has 23 heavy (non-hydrogen) atoms. The molecule has 2 rings (SSSR count).